The highest BCUT2D eigenvalue weighted by atomic mass is 35.5. The van der Waals surface area contributed by atoms with Crippen LogP contribution in [0.5, 0.6) is 0 Å². The molecule has 6 nitrogen and oxygen atoms in total. The summed E-state index contributed by atoms with van der Waals surface area (Å²) in [5.41, 5.74) is 2.09. The molecule has 1 aliphatic heterocycles. The number of nitrogens with one attached hydrogen (secondary N) is 1. The lowest BCUT2D eigenvalue weighted by atomic mass is 9.99. The Morgan fingerprint density at radius 3 is 2.64 bits per heavy atom. The highest BCUT2D eigenvalue weighted by Gasteiger charge is 2.19. The minimum Gasteiger partial charge on any atom is -0.371 e. The van der Waals surface area contributed by atoms with Crippen LogP contribution < -0.4 is 10.2 Å². The van der Waals surface area contributed by atoms with E-state index in [-0.39, 0.29) is 22.3 Å². The predicted molar refractivity (Wildman–Crippen MR) is 111 cm³/mol. The normalized spacial score (nSPS) is 17.8. The number of nitro groups is 1. The molecule has 0 radical (unpaired) electrons. The second-order valence-corrected chi connectivity index (χ2v) is 7.81. The van der Waals surface area contributed by atoms with Crippen LogP contribution in [0.25, 0.3) is 0 Å². The summed E-state index contributed by atoms with van der Waals surface area (Å²) in [5.74, 6) is 0.265. The Kier molecular flexibility index (Phi) is 6.19. The molecule has 1 N–H and O–H groups in total. The molecule has 1 aliphatic rings. The average Bonchev–Trinajstić information content (AvgIpc) is 2.68. The fourth-order valence-corrected chi connectivity index (χ4v) is 3.76. The molecule has 0 bridgehead atoms. The quantitative estimate of drug-likeness (QED) is 0.566. The highest BCUT2D eigenvalue weighted by Crippen LogP contribution is 2.26. The molecule has 0 spiro atoms. The van der Waals surface area contributed by atoms with Crippen LogP contribution in [-0.4, -0.2) is 23.9 Å². The fourth-order valence-electron chi connectivity index (χ4n) is 3.56. The first-order valence-electron chi connectivity index (χ1n) is 9.45. The minimum absolute atomic E-state index is 0.0987. The zero-order valence-corrected chi connectivity index (χ0v) is 16.8. The number of rotatable bonds is 5. The number of benzene rings is 2. The minimum atomic E-state index is -0.545. The van der Waals surface area contributed by atoms with Crippen molar-refractivity contribution in [3.8, 4) is 0 Å². The molecule has 2 aromatic carbocycles. The lowest BCUT2D eigenvalue weighted by molar-refractivity contribution is -0.384. The molecule has 2 atom stereocenters. The van der Waals surface area contributed by atoms with Crippen LogP contribution in [0.1, 0.15) is 48.7 Å². The number of non-ortho nitro benzene ring substituents is 1. The first kappa shape index (κ1) is 20.1. The van der Waals surface area contributed by atoms with Crippen LogP contribution in [0.2, 0.25) is 5.02 Å². The molecule has 1 amide bonds. The van der Waals surface area contributed by atoms with Gasteiger partial charge in [-0.2, -0.15) is 0 Å². The van der Waals surface area contributed by atoms with Crippen molar-refractivity contribution in [2.75, 3.05) is 18.0 Å². The number of anilines is 1. The van der Waals surface area contributed by atoms with E-state index in [0.29, 0.717) is 5.92 Å². The molecule has 0 saturated carbocycles. The van der Waals surface area contributed by atoms with Gasteiger partial charge in [0.15, 0.2) is 0 Å². The molecule has 1 fully saturated rings. The van der Waals surface area contributed by atoms with E-state index in [4.69, 9.17) is 11.6 Å². The molecule has 0 aliphatic carbocycles. The third-order valence-corrected chi connectivity index (χ3v) is 5.50. The monoisotopic (exact) mass is 401 g/mol. The van der Waals surface area contributed by atoms with Crippen LogP contribution in [0.15, 0.2) is 42.5 Å². The highest BCUT2D eigenvalue weighted by molar-refractivity contribution is 6.33. The van der Waals surface area contributed by atoms with Crippen molar-refractivity contribution < 1.29 is 9.72 Å². The van der Waals surface area contributed by atoms with Gasteiger partial charge in [0.25, 0.3) is 11.6 Å². The van der Waals surface area contributed by atoms with Crippen LogP contribution in [-0.2, 0) is 0 Å². The van der Waals surface area contributed by atoms with Gasteiger partial charge in [-0.15, -0.1) is 0 Å². The van der Waals surface area contributed by atoms with E-state index in [1.165, 1.54) is 36.7 Å². The molecule has 2 aromatic rings. The third kappa shape index (κ3) is 4.62. The number of halogens is 1. The zero-order chi connectivity index (χ0) is 20.3. The molecular formula is C21H24ClN3O3. The average molecular weight is 402 g/mol. The maximum Gasteiger partial charge on any atom is 0.270 e. The lowest BCUT2D eigenvalue weighted by Crippen LogP contribution is -2.34. The molecule has 1 saturated heterocycles. The molecule has 148 valence electrons. The van der Waals surface area contributed by atoms with E-state index in [9.17, 15) is 14.9 Å². The van der Waals surface area contributed by atoms with Crippen molar-refractivity contribution >= 4 is 28.9 Å². The van der Waals surface area contributed by atoms with Crippen molar-refractivity contribution in [1.82, 2.24) is 5.32 Å². The van der Waals surface area contributed by atoms with Gasteiger partial charge in [-0.1, -0.05) is 30.7 Å². The number of carbonyl (C=O) groups excluding carboxylic acids is 1. The van der Waals surface area contributed by atoms with Crippen molar-refractivity contribution in [1.29, 1.82) is 0 Å². The molecular weight excluding hydrogens is 378 g/mol. The van der Waals surface area contributed by atoms with Crippen LogP contribution in [0.3, 0.4) is 0 Å². The van der Waals surface area contributed by atoms with Gasteiger partial charge in [0.2, 0.25) is 0 Å². The van der Waals surface area contributed by atoms with E-state index in [2.05, 4.69) is 29.3 Å². The predicted octanol–water partition coefficient (Wildman–Crippen LogP) is 4.98. The number of hydrogen-bond donors (Lipinski definition) is 1. The summed E-state index contributed by atoms with van der Waals surface area (Å²) >= 11 is 6.05. The second-order valence-electron chi connectivity index (χ2n) is 7.40. The maximum atomic E-state index is 12.5. The van der Waals surface area contributed by atoms with Gasteiger partial charge in [0.1, 0.15) is 0 Å². The smallest absolute Gasteiger partial charge is 0.270 e. The van der Waals surface area contributed by atoms with E-state index in [1.807, 2.05) is 19.1 Å². The number of piperidine rings is 1. The summed E-state index contributed by atoms with van der Waals surface area (Å²) in [7, 11) is 0. The number of hydrogen-bond acceptors (Lipinski definition) is 4. The first-order chi connectivity index (χ1) is 13.3. The molecule has 3 rings (SSSR count). The summed E-state index contributed by atoms with van der Waals surface area (Å²) in [6, 6.07) is 11.8. The maximum absolute atomic E-state index is 12.5. The number of amides is 1. The summed E-state index contributed by atoms with van der Waals surface area (Å²) in [5, 5.41) is 14.0. The van der Waals surface area contributed by atoms with E-state index < -0.39 is 10.8 Å². The Bertz CT molecular complexity index is 870. The summed E-state index contributed by atoms with van der Waals surface area (Å²) in [6.07, 6.45) is 2.48. The van der Waals surface area contributed by atoms with Crippen LogP contribution in [0.4, 0.5) is 11.4 Å². The molecule has 1 heterocycles. The van der Waals surface area contributed by atoms with Crippen molar-refractivity contribution in [2.45, 2.75) is 32.7 Å². The van der Waals surface area contributed by atoms with Crippen molar-refractivity contribution in [3.63, 3.8) is 0 Å². The van der Waals surface area contributed by atoms with Crippen LogP contribution >= 0.6 is 11.6 Å². The Labute approximate surface area is 169 Å². The zero-order valence-electron chi connectivity index (χ0n) is 16.0. The largest absolute Gasteiger partial charge is 0.371 e. The Morgan fingerprint density at radius 1 is 1.29 bits per heavy atom. The summed E-state index contributed by atoms with van der Waals surface area (Å²) < 4.78 is 0. The summed E-state index contributed by atoms with van der Waals surface area (Å²) in [6.45, 7) is 6.29. The van der Waals surface area contributed by atoms with E-state index in [1.54, 1.807) is 0 Å². The van der Waals surface area contributed by atoms with Gasteiger partial charge >= 0.3 is 0 Å². The van der Waals surface area contributed by atoms with Gasteiger partial charge in [-0.25, -0.2) is 0 Å². The van der Waals surface area contributed by atoms with E-state index in [0.717, 1.165) is 18.7 Å². The first-order valence-corrected chi connectivity index (χ1v) is 9.82. The second kappa shape index (κ2) is 8.61. The fraction of sp³-hybridized carbons (Fsp3) is 0.381. The number of nitrogens with zero attached hydrogens (tertiary/aromatic N) is 2. The molecule has 2 unspecified atom stereocenters. The summed E-state index contributed by atoms with van der Waals surface area (Å²) in [4.78, 5) is 25.3. The number of nitro benzene ring substituents is 1. The van der Waals surface area contributed by atoms with Gasteiger partial charge < -0.3 is 10.2 Å². The molecule has 0 aromatic heterocycles. The standard InChI is InChI=1S/C21H24ClN3O3/c1-14-4-3-11-24(13-14)17-7-5-16(6-8-17)15(2)23-21(26)19-12-18(25(27)28)9-10-20(19)22/h5-10,12,14-15H,3-4,11,13H2,1-2H3,(H,23,26). The van der Waals surface area contributed by atoms with Gasteiger partial charge in [0, 0.05) is 30.9 Å². The van der Waals surface area contributed by atoms with Gasteiger partial charge in [-0.05, 0) is 49.4 Å². The van der Waals surface area contributed by atoms with E-state index >= 15 is 0 Å². The lowest BCUT2D eigenvalue weighted by Gasteiger charge is -2.33. The Balaban J connectivity index is 1.69. The Morgan fingerprint density at radius 2 is 2.00 bits per heavy atom. The molecule has 7 heteroatoms. The van der Waals surface area contributed by atoms with Crippen molar-refractivity contribution in [2.24, 2.45) is 5.92 Å². The SMILES string of the molecule is CC1CCCN(c2ccc(C(C)NC(=O)c3cc([N+](=O)[O-])ccc3Cl)cc2)C1. The topological polar surface area (TPSA) is 75.5 Å². The van der Waals surface area contributed by atoms with Gasteiger partial charge in [0.05, 0.1) is 21.6 Å². The van der Waals surface area contributed by atoms with Crippen molar-refractivity contribution in [3.05, 3.63) is 68.7 Å². The van der Waals surface area contributed by atoms with Gasteiger partial charge in [-0.3, -0.25) is 14.9 Å². The van der Waals surface area contributed by atoms with Crippen LogP contribution in [0, 0.1) is 16.0 Å². The Hall–Kier alpha value is -2.60. The molecule has 28 heavy (non-hydrogen) atoms. The third-order valence-electron chi connectivity index (χ3n) is 5.17. The number of carbonyl (C=O) groups is 1.